The Morgan fingerprint density at radius 3 is 2.69 bits per heavy atom. The van der Waals surface area contributed by atoms with E-state index in [2.05, 4.69) is 5.32 Å². The Morgan fingerprint density at radius 1 is 1.24 bits per heavy atom. The van der Waals surface area contributed by atoms with E-state index in [4.69, 9.17) is 19.6 Å². The fourth-order valence-electron chi connectivity index (χ4n) is 2.60. The van der Waals surface area contributed by atoms with Crippen molar-refractivity contribution < 1.29 is 33.1 Å². The number of primary amides is 1. The maximum absolute atomic E-state index is 12.7. The molecule has 1 aromatic heterocycles. The van der Waals surface area contributed by atoms with Crippen molar-refractivity contribution >= 4 is 29.8 Å². The number of furan rings is 1. The second-order valence-corrected chi connectivity index (χ2v) is 5.95. The third-order valence-corrected chi connectivity index (χ3v) is 3.95. The Morgan fingerprint density at radius 2 is 2.03 bits per heavy atom. The van der Waals surface area contributed by atoms with Crippen molar-refractivity contribution in [1.29, 1.82) is 0 Å². The minimum absolute atomic E-state index is 0.120. The first-order valence-corrected chi connectivity index (χ1v) is 8.39. The van der Waals surface area contributed by atoms with E-state index >= 15 is 0 Å². The zero-order valence-corrected chi connectivity index (χ0v) is 15.3. The molecule has 10 nitrogen and oxygen atoms in total. The standard InChI is InChI=1S/C19H17N3O7/c1-27-15-8-11(4-5-14(15)29-10-16(20)23)7-13-17(24)21-19(26)22(18(13)25)9-12-3-2-6-28-12/h2-8H,9-10H2,1H3,(H2,20,23)(H,21,24,26). The number of hydrogen-bond donors (Lipinski definition) is 2. The molecule has 0 unspecified atom stereocenters. The van der Waals surface area contributed by atoms with Gasteiger partial charge in [-0.2, -0.15) is 0 Å². The summed E-state index contributed by atoms with van der Waals surface area (Å²) in [5.74, 6) is -1.30. The number of methoxy groups -OCH3 is 1. The second-order valence-electron chi connectivity index (χ2n) is 5.95. The van der Waals surface area contributed by atoms with E-state index in [0.717, 1.165) is 4.90 Å². The van der Waals surface area contributed by atoms with Gasteiger partial charge < -0.3 is 19.6 Å². The molecule has 1 saturated heterocycles. The molecular weight excluding hydrogens is 382 g/mol. The average molecular weight is 399 g/mol. The van der Waals surface area contributed by atoms with E-state index < -0.39 is 23.8 Å². The van der Waals surface area contributed by atoms with Gasteiger partial charge in [-0.3, -0.25) is 24.6 Å². The molecule has 0 bridgehead atoms. The number of carbonyl (C=O) groups excluding carboxylic acids is 4. The number of carbonyl (C=O) groups is 4. The molecule has 0 aliphatic carbocycles. The lowest BCUT2D eigenvalue weighted by Crippen LogP contribution is -2.53. The van der Waals surface area contributed by atoms with Crippen molar-refractivity contribution in [3.8, 4) is 11.5 Å². The van der Waals surface area contributed by atoms with Crippen LogP contribution in [-0.4, -0.2) is 42.4 Å². The molecule has 150 valence electrons. The van der Waals surface area contributed by atoms with Crippen molar-refractivity contribution in [3.05, 3.63) is 53.5 Å². The third-order valence-electron chi connectivity index (χ3n) is 3.95. The van der Waals surface area contributed by atoms with Gasteiger partial charge in [0, 0.05) is 0 Å². The van der Waals surface area contributed by atoms with Crippen LogP contribution in [0.3, 0.4) is 0 Å². The topological polar surface area (TPSA) is 141 Å². The Hall–Kier alpha value is -4.08. The monoisotopic (exact) mass is 399 g/mol. The van der Waals surface area contributed by atoms with Gasteiger partial charge in [-0.05, 0) is 35.9 Å². The smallest absolute Gasteiger partial charge is 0.331 e. The molecule has 1 aliphatic rings. The first kappa shape index (κ1) is 19.7. The number of urea groups is 1. The Labute approximate surface area is 164 Å². The minimum atomic E-state index is -0.832. The molecule has 1 aliphatic heterocycles. The highest BCUT2D eigenvalue weighted by atomic mass is 16.5. The van der Waals surface area contributed by atoms with Crippen LogP contribution in [0, 0.1) is 0 Å². The summed E-state index contributed by atoms with van der Waals surface area (Å²) >= 11 is 0. The number of nitrogens with zero attached hydrogens (tertiary/aromatic N) is 1. The number of amides is 5. The zero-order valence-electron chi connectivity index (χ0n) is 15.3. The van der Waals surface area contributed by atoms with Gasteiger partial charge >= 0.3 is 6.03 Å². The number of nitrogens with two attached hydrogens (primary N) is 1. The van der Waals surface area contributed by atoms with Crippen molar-refractivity contribution in [2.75, 3.05) is 13.7 Å². The Kier molecular flexibility index (Phi) is 5.63. The van der Waals surface area contributed by atoms with Crippen LogP contribution in [0.25, 0.3) is 6.08 Å². The molecule has 3 N–H and O–H groups in total. The maximum Gasteiger partial charge on any atom is 0.331 e. The molecular formula is C19H17N3O7. The summed E-state index contributed by atoms with van der Waals surface area (Å²) in [4.78, 5) is 48.7. The largest absolute Gasteiger partial charge is 0.493 e. The fraction of sp³-hybridized carbons (Fsp3) is 0.158. The quantitative estimate of drug-likeness (QED) is 0.518. The maximum atomic E-state index is 12.7. The van der Waals surface area contributed by atoms with Crippen LogP contribution in [-0.2, 0) is 20.9 Å². The van der Waals surface area contributed by atoms with Crippen molar-refractivity contribution in [3.63, 3.8) is 0 Å². The van der Waals surface area contributed by atoms with Gasteiger partial charge in [0.15, 0.2) is 18.1 Å². The average Bonchev–Trinajstić information content (AvgIpc) is 3.20. The number of benzene rings is 1. The van der Waals surface area contributed by atoms with Crippen molar-refractivity contribution in [2.24, 2.45) is 5.73 Å². The van der Waals surface area contributed by atoms with Crippen LogP contribution in [0.2, 0.25) is 0 Å². The number of hydrogen-bond acceptors (Lipinski definition) is 7. The molecule has 1 fully saturated rings. The van der Waals surface area contributed by atoms with Crippen LogP contribution in [0.15, 0.2) is 46.6 Å². The van der Waals surface area contributed by atoms with E-state index in [-0.39, 0.29) is 30.2 Å². The summed E-state index contributed by atoms with van der Waals surface area (Å²) in [5.41, 5.74) is 5.26. The van der Waals surface area contributed by atoms with Crippen LogP contribution in [0.4, 0.5) is 4.79 Å². The molecule has 2 aromatic rings. The molecule has 29 heavy (non-hydrogen) atoms. The predicted molar refractivity (Wildman–Crippen MR) is 98.5 cm³/mol. The molecule has 1 aromatic carbocycles. The van der Waals surface area contributed by atoms with Crippen molar-refractivity contribution in [2.45, 2.75) is 6.54 Å². The number of barbiturate groups is 1. The lowest BCUT2D eigenvalue weighted by Gasteiger charge is -2.25. The highest BCUT2D eigenvalue weighted by Gasteiger charge is 2.36. The molecule has 10 heteroatoms. The number of ether oxygens (including phenoxy) is 2. The lowest BCUT2D eigenvalue weighted by atomic mass is 10.1. The van der Waals surface area contributed by atoms with Gasteiger partial charge in [-0.1, -0.05) is 6.07 Å². The van der Waals surface area contributed by atoms with Crippen LogP contribution < -0.4 is 20.5 Å². The zero-order chi connectivity index (χ0) is 21.0. The molecule has 0 atom stereocenters. The normalized spacial score (nSPS) is 15.4. The molecule has 0 saturated carbocycles. The van der Waals surface area contributed by atoms with Crippen LogP contribution in [0.1, 0.15) is 11.3 Å². The highest BCUT2D eigenvalue weighted by Crippen LogP contribution is 2.29. The van der Waals surface area contributed by atoms with E-state index in [1.807, 2.05) is 0 Å². The number of imide groups is 2. The van der Waals surface area contributed by atoms with E-state index in [1.165, 1.54) is 31.6 Å². The Bertz CT molecular complexity index is 995. The molecule has 2 heterocycles. The molecule has 5 amide bonds. The van der Waals surface area contributed by atoms with Gasteiger partial charge in [0.05, 0.1) is 19.9 Å². The van der Waals surface area contributed by atoms with Gasteiger partial charge in [0.1, 0.15) is 11.3 Å². The number of nitrogens with one attached hydrogen (secondary N) is 1. The van der Waals surface area contributed by atoms with Crippen molar-refractivity contribution in [1.82, 2.24) is 10.2 Å². The summed E-state index contributed by atoms with van der Waals surface area (Å²) in [5, 5.41) is 2.13. The molecule has 3 rings (SSSR count). The first-order chi connectivity index (χ1) is 13.9. The fourth-order valence-corrected chi connectivity index (χ4v) is 2.60. The van der Waals surface area contributed by atoms with E-state index in [1.54, 1.807) is 18.2 Å². The SMILES string of the molecule is COc1cc(C=C2C(=O)NC(=O)N(Cc3ccco3)C2=O)ccc1OCC(N)=O. The second kappa shape index (κ2) is 8.30. The lowest BCUT2D eigenvalue weighted by molar-refractivity contribution is -0.130. The van der Waals surface area contributed by atoms with Gasteiger partial charge in [-0.15, -0.1) is 0 Å². The molecule has 0 spiro atoms. The van der Waals surface area contributed by atoms with Gasteiger partial charge in [0.25, 0.3) is 17.7 Å². The Balaban J connectivity index is 1.87. The van der Waals surface area contributed by atoms with E-state index in [9.17, 15) is 19.2 Å². The van der Waals surface area contributed by atoms with Gasteiger partial charge in [-0.25, -0.2) is 4.79 Å². The summed E-state index contributed by atoms with van der Waals surface area (Å²) < 4.78 is 15.6. The number of rotatable bonds is 7. The summed E-state index contributed by atoms with van der Waals surface area (Å²) in [6, 6.07) is 6.97. The summed E-state index contributed by atoms with van der Waals surface area (Å²) in [7, 11) is 1.39. The summed E-state index contributed by atoms with van der Waals surface area (Å²) in [6.45, 7) is -0.451. The van der Waals surface area contributed by atoms with Crippen LogP contribution >= 0.6 is 0 Å². The predicted octanol–water partition coefficient (Wildman–Crippen LogP) is 0.814. The summed E-state index contributed by atoms with van der Waals surface area (Å²) in [6.07, 6.45) is 2.73. The van der Waals surface area contributed by atoms with Gasteiger partial charge in [0.2, 0.25) is 0 Å². The minimum Gasteiger partial charge on any atom is -0.493 e. The highest BCUT2D eigenvalue weighted by molar-refractivity contribution is 6.30. The van der Waals surface area contributed by atoms with Crippen LogP contribution in [0.5, 0.6) is 11.5 Å². The van der Waals surface area contributed by atoms with E-state index in [0.29, 0.717) is 11.3 Å². The third kappa shape index (κ3) is 4.43. The first-order valence-electron chi connectivity index (χ1n) is 8.39. The molecule has 0 radical (unpaired) electrons.